The Morgan fingerprint density at radius 3 is 2.36 bits per heavy atom. The predicted octanol–water partition coefficient (Wildman–Crippen LogP) is 4.84. The number of ether oxygens (including phenoxy) is 1. The molecule has 1 aliphatic heterocycles. The Morgan fingerprint density at radius 1 is 1.00 bits per heavy atom. The van der Waals surface area contributed by atoms with E-state index in [1.54, 1.807) is 42.5 Å². The number of nitro groups is 1. The second-order valence-electron chi connectivity index (χ2n) is 7.00. The molecule has 1 saturated heterocycles. The van der Waals surface area contributed by atoms with Crippen LogP contribution in [-0.4, -0.2) is 16.7 Å². The van der Waals surface area contributed by atoms with Gasteiger partial charge in [0.05, 0.1) is 17.8 Å². The van der Waals surface area contributed by atoms with E-state index in [1.807, 2.05) is 18.2 Å². The van der Waals surface area contributed by atoms with Crippen LogP contribution in [0.2, 0.25) is 0 Å². The van der Waals surface area contributed by atoms with Crippen molar-refractivity contribution in [2.75, 3.05) is 5.01 Å². The number of nitro benzene ring substituents is 1. The van der Waals surface area contributed by atoms with Gasteiger partial charge in [-0.3, -0.25) is 25.1 Å². The van der Waals surface area contributed by atoms with Crippen LogP contribution in [-0.2, 0) is 16.2 Å². The van der Waals surface area contributed by atoms with E-state index in [9.17, 15) is 19.7 Å². The van der Waals surface area contributed by atoms with Crippen LogP contribution in [0.5, 0.6) is 5.75 Å². The monoisotopic (exact) mass is 667 g/mol. The van der Waals surface area contributed by atoms with Gasteiger partial charge in [0.15, 0.2) is 0 Å². The number of rotatable bonds is 6. The summed E-state index contributed by atoms with van der Waals surface area (Å²) in [5, 5.41) is 12.2. The van der Waals surface area contributed by atoms with E-state index in [4.69, 9.17) is 4.74 Å². The van der Waals surface area contributed by atoms with E-state index in [-0.39, 0.29) is 17.9 Å². The van der Waals surface area contributed by atoms with Crippen molar-refractivity contribution in [3.63, 3.8) is 0 Å². The average Bonchev–Trinajstić information content (AvgIpc) is 3.07. The topological polar surface area (TPSA) is 102 Å². The molecule has 33 heavy (non-hydrogen) atoms. The number of halogens is 2. The van der Waals surface area contributed by atoms with Crippen LogP contribution in [0.4, 0.5) is 11.4 Å². The fourth-order valence-electron chi connectivity index (χ4n) is 3.20. The molecule has 0 atom stereocenters. The highest BCUT2D eigenvalue weighted by atomic mass is 127. The SMILES string of the molecule is O=C1NN(c2ccccc2)C(=O)/C1=C\c1cc(I)c(OCc2cccc([N+](=O)[O-])c2)c(I)c1. The van der Waals surface area contributed by atoms with E-state index in [0.29, 0.717) is 22.6 Å². The van der Waals surface area contributed by atoms with Crippen molar-refractivity contribution in [3.05, 3.63) is 101 Å². The summed E-state index contributed by atoms with van der Waals surface area (Å²) < 4.78 is 7.48. The summed E-state index contributed by atoms with van der Waals surface area (Å²) in [6, 6.07) is 18.8. The predicted molar refractivity (Wildman–Crippen MR) is 139 cm³/mol. The molecular formula is C23H15I2N3O5. The molecule has 3 aromatic carbocycles. The molecule has 1 heterocycles. The van der Waals surface area contributed by atoms with E-state index in [0.717, 1.165) is 7.14 Å². The second-order valence-corrected chi connectivity index (χ2v) is 9.33. The zero-order chi connectivity index (χ0) is 23.5. The van der Waals surface area contributed by atoms with E-state index in [1.165, 1.54) is 17.1 Å². The van der Waals surface area contributed by atoms with E-state index in [2.05, 4.69) is 50.6 Å². The summed E-state index contributed by atoms with van der Waals surface area (Å²) >= 11 is 4.24. The summed E-state index contributed by atoms with van der Waals surface area (Å²) in [5.74, 6) is -0.278. The van der Waals surface area contributed by atoms with Crippen LogP contribution in [0.1, 0.15) is 11.1 Å². The number of hydrogen-bond acceptors (Lipinski definition) is 5. The lowest BCUT2D eigenvalue weighted by Crippen LogP contribution is -2.35. The van der Waals surface area contributed by atoms with Gasteiger partial charge in [-0.15, -0.1) is 0 Å². The molecule has 3 aromatic rings. The summed E-state index contributed by atoms with van der Waals surface area (Å²) in [7, 11) is 0. The number of benzene rings is 3. The van der Waals surface area contributed by atoms with Gasteiger partial charge in [0.2, 0.25) is 0 Å². The maximum Gasteiger partial charge on any atom is 0.282 e. The fraction of sp³-hybridized carbons (Fsp3) is 0.0435. The molecule has 0 spiro atoms. The van der Waals surface area contributed by atoms with Crippen LogP contribution in [0, 0.1) is 17.3 Å². The Labute approximate surface area is 216 Å². The summed E-state index contributed by atoms with van der Waals surface area (Å²) in [6.45, 7) is 0.168. The lowest BCUT2D eigenvalue weighted by molar-refractivity contribution is -0.384. The van der Waals surface area contributed by atoms with E-state index >= 15 is 0 Å². The Morgan fingerprint density at radius 2 is 1.70 bits per heavy atom. The third-order valence-corrected chi connectivity index (χ3v) is 6.34. The molecule has 1 N–H and O–H groups in total. The van der Waals surface area contributed by atoms with Crippen LogP contribution in [0.25, 0.3) is 6.08 Å². The minimum atomic E-state index is -0.472. The van der Waals surface area contributed by atoms with Crippen molar-refractivity contribution < 1.29 is 19.2 Å². The standard InChI is InChI=1S/C23H15I2N3O5/c24-19-11-15(10-18-22(29)26-27(23(18)30)16-6-2-1-3-7-16)12-20(25)21(19)33-13-14-5-4-8-17(9-14)28(31)32/h1-12H,13H2,(H,26,29)/b18-10-. The number of nitrogens with one attached hydrogen (secondary N) is 1. The van der Waals surface area contributed by atoms with Crippen LogP contribution < -0.4 is 15.2 Å². The number of non-ortho nitro benzene ring substituents is 1. The first-order valence-electron chi connectivity index (χ1n) is 9.61. The molecule has 1 fully saturated rings. The van der Waals surface area contributed by atoms with Crippen LogP contribution >= 0.6 is 45.2 Å². The maximum absolute atomic E-state index is 12.8. The number of amides is 2. The molecule has 0 aromatic heterocycles. The van der Waals surface area contributed by atoms with Gasteiger partial charge in [-0.05, 0) is 86.7 Å². The largest absolute Gasteiger partial charge is 0.487 e. The molecule has 0 aliphatic carbocycles. The third-order valence-electron chi connectivity index (χ3n) is 4.74. The number of carbonyl (C=O) groups is 2. The van der Waals surface area contributed by atoms with E-state index < -0.39 is 16.7 Å². The number of hydrazine groups is 1. The molecule has 0 unspecified atom stereocenters. The van der Waals surface area contributed by atoms with Gasteiger partial charge >= 0.3 is 0 Å². The smallest absolute Gasteiger partial charge is 0.282 e. The molecule has 2 amide bonds. The first-order valence-corrected chi connectivity index (χ1v) is 11.8. The molecule has 1 aliphatic rings. The Bertz CT molecular complexity index is 1270. The van der Waals surface area contributed by atoms with Gasteiger partial charge in [0.1, 0.15) is 17.9 Å². The third kappa shape index (κ3) is 5.16. The average molecular weight is 667 g/mol. The molecule has 10 heteroatoms. The lowest BCUT2D eigenvalue weighted by atomic mass is 10.1. The van der Waals surface area contributed by atoms with Gasteiger partial charge < -0.3 is 4.74 Å². The van der Waals surface area contributed by atoms with Gasteiger partial charge in [0, 0.05) is 12.1 Å². The van der Waals surface area contributed by atoms with Crippen molar-refractivity contribution in [2.45, 2.75) is 6.61 Å². The molecular weight excluding hydrogens is 652 g/mol. The highest BCUT2D eigenvalue weighted by Gasteiger charge is 2.34. The Hall–Kier alpha value is -3.00. The van der Waals surface area contributed by atoms with Gasteiger partial charge in [-0.2, -0.15) is 0 Å². The second kappa shape index (κ2) is 9.87. The number of nitrogens with zero attached hydrogens (tertiary/aromatic N) is 2. The van der Waals surface area contributed by atoms with Crippen molar-refractivity contribution in [1.29, 1.82) is 0 Å². The number of anilines is 1. The highest BCUT2D eigenvalue weighted by molar-refractivity contribution is 14.1. The zero-order valence-electron chi connectivity index (χ0n) is 16.8. The van der Waals surface area contributed by atoms with Gasteiger partial charge in [-0.1, -0.05) is 30.3 Å². The minimum absolute atomic E-state index is 0.00604. The summed E-state index contributed by atoms with van der Waals surface area (Å²) in [6.07, 6.45) is 1.55. The molecule has 0 radical (unpaired) electrons. The molecule has 4 rings (SSSR count). The van der Waals surface area contributed by atoms with Crippen LogP contribution in [0.15, 0.2) is 72.3 Å². The zero-order valence-corrected chi connectivity index (χ0v) is 21.1. The number of carbonyl (C=O) groups excluding carboxylic acids is 2. The van der Waals surface area contributed by atoms with Crippen molar-refractivity contribution in [2.24, 2.45) is 0 Å². The van der Waals surface area contributed by atoms with Crippen LogP contribution in [0.3, 0.4) is 0 Å². The highest BCUT2D eigenvalue weighted by Crippen LogP contribution is 2.31. The summed E-state index contributed by atoms with van der Waals surface area (Å²) in [4.78, 5) is 35.7. The lowest BCUT2D eigenvalue weighted by Gasteiger charge is -2.14. The summed E-state index contributed by atoms with van der Waals surface area (Å²) in [5.41, 5.74) is 4.56. The maximum atomic E-state index is 12.8. The fourth-order valence-corrected chi connectivity index (χ4v) is 5.33. The van der Waals surface area contributed by atoms with Crippen molar-refractivity contribution in [3.8, 4) is 5.75 Å². The Kier molecular flexibility index (Phi) is 6.93. The van der Waals surface area contributed by atoms with Gasteiger partial charge in [-0.25, -0.2) is 5.01 Å². The molecule has 166 valence electrons. The number of para-hydroxylation sites is 1. The Balaban J connectivity index is 1.54. The first-order chi connectivity index (χ1) is 15.8. The van der Waals surface area contributed by atoms with Crippen molar-refractivity contribution in [1.82, 2.24) is 5.43 Å². The minimum Gasteiger partial charge on any atom is -0.487 e. The quantitative estimate of drug-likeness (QED) is 0.133. The van der Waals surface area contributed by atoms with Crippen molar-refractivity contribution >= 4 is 74.4 Å². The molecule has 8 nitrogen and oxygen atoms in total. The van der Waals surface area contributed by atoms with Gasteiger partial charge in [0.25, 0.3) is 17.5 Å². The first kappa shape index (κ1) is 23.2. The molecule has 0 saturated carbocycles. The number of hydrogen-bond donors (Lipinski definition) is 1. The molecule has 0 bridgehead atoms. The normalized spacial score (nSPS) is 14.5.